The molecule has 1 aliphatic heterocycles. The molecule has 6 nitrogen and oxygen atoms in total. The first-order chi connectivity index (χ1) is 10.7. The van der Waals surface area contributed by atoms with Crippen molar-refractivity contribution in [3.63, 3.8) is 0 Å². The zero-order valence-corrected chi connectivity index (χ0v) is 11.7. The van der Waals surface area contributed by atoms with Crippen molar-refractivity contribution >= 4 is 17.8 Å². The highest BCUT2D eigenvalue weighted by Gasteiger charge is 2.68. The third-order valence-electron chi connectivity index (χ3n) is 3.18. The number of hydrogen-bond donors (Lipinski definition) is 2. The Morgan fingerprint density at radius 3 is 2.43 bits per heavy atom. The van der Waals surface area contributed by atoms with Crippen LogP contribution in [-0.2, 0) is 4.79 Å². The second kappa shape index (κ2) is 5.75. The van der Waals surface area contributed by atoms with E-state index in [0.717, 1.165) is 6.08 Å². The fourth-order valence-corrected chi connectivity index (χ4v) is 2.05. The summed E-state index contributed by atoms with van der Waals surface area (Å²) in [6.07, 6.45) is -4.12. The molecular formula is C14H12F3N3O3. The number of carbonyl (C=O) groups is 3. The number of alkyl halides is 3. The first-order valence-corrected chi connectivity index (χ1v) is 6.42. The summed E-state index contributed by atoms with van der Waals surface area (Å²) in [6.45, 7) is 2.86. The molecule has 1 atom stereocenters. The fourth-order valence-electron chi connectivity index (χ4n) is 2.05. The second-order valence-electron chi connectivity index (χ2n) is 4.70. The topological polar surface area (TPSA) is 78.5 Å². The predicted octanol–water partition coefficient (Wildman–Crippen LogP) is 1.41. The van der Waals surface area contributed by atoms with Crippen molar-refractivity contribution in [2.75, 3.05) is 6.54 Å². The number of rotatable bonds is 4. The Hall–Kier alpha value is -2.84. The van der Waals surface area contributed by atoms with Gasteiger partial charge in [-0.25, -0.2) is 4.79 Å². The number of halogens is 3. The first-order valence-electron chi connectivity index (χ1n) is 6.42. The lowest BCUT2D eigenvalue weighted by Gasteiger charge is -2.29. The average Bonchev–Trinajstić information content (AvgIpc) is 2.73. The van der Waals surface area contributed by atoms with Gasteiger partial charge in [-0.15, -0.1) is 6.58 Å². The molecule has 1 heterocycles. The summed E-state index contributed by atoms with van der Waals surface area (Å²) in [6, 6.07) is 5.78. The van der Waals surface area contributed by atoms with Crippen molar-refractivity contribution in [1.82, 2.24) is 15.5 Å². The van der Waals surface area contributed by atoms with Gasteiger partial charge in [-0.1, -0.05) is 24.3 Å². The van der Waals surface area contributed by atoms with Gasteiger partial charge in [0.15, 0.2) is 0 Å². The van der Waals surface area contributed by atoms with Crippen LogP contribution < -0.4 is 10.6 Å². The number of amides is 4. The molecule has 2 N–H and O–H groups in total. The molecule has 0 spiro atoms. The van der Waals surface area contributed by atoms with Crippen molar-refractivity contribution in [3.8, 4) is 0 Å². The molecule has 1 aromatic rings. The van der Waals surface area contributed by atoms with Crippen molar-refractivity contribution in [2.45, 2.75) is 11.8 Å². The number of urea groups is 1. The van der Waals surface area contributed by atoms with Gasteiger partial charge in [0.2, 0.25) is 0 Å². The molecule has 1 saturated heterocycles. The summed E-state index contributed by atoms with van der Waals surface area (Å²) in [5.74, 6) is -2.75. The minimum atomic E-state index is -5.22. The second-order valence-corrected chi connectivity index (χ2v) is 4.70. The number of nitrogens with one attached hydrogen (secondary N) is 2. The number of carbonyl (C=O) groups excluding carboxylic acids is 3. The van der Waals surface area contributed by atoms with Crippen LogP contribution in [0.2, 0.25) is 0 Å². The highest BCUT2D eigenvalue weighted by atomic mass is 19.4. The van der Waals surface area contributed by atoms with Crippen LogP contribution in [0.5, 0.6) is 0 Å². The maximum absolute atomic E-state index is 13.4. The van der Waals surface area contributed by atoms with Crippen LogP contribution >= 0.6 is 0 Å². The lowest BCUT2D eigenvalue weighted by molar-refractivity contribution is -0.200. The number of nitrogens with zero attached hydrogens (tertiary/aromatic N) is 1. The van der Waals surface area contributed by atoms with Crippen molar-refractivity contribution < 1.29 is 27.6 Å². The minimum absolute atomic E-state index is 0.0830. The van der Waals surface area contributed by atoms with Gasteiger partial charge in [0.1, 0.15) is 0 Å². The van der Waals surface area contributed by atoms with Crippen LogP contribution in [0.25, 0.3) is 0 Å². The molecule has 1 fully saturated rings. The molecule has 0 saturated carbocycles. The third-order valence-corrected chi connectivity index (χ3v) is 3.18. The van der Waals surface area contributed by atoms with Gasteiger partial charge in [-0.3, -0.25) is 19.8 Å². The molecule has 1 aliphatic rings. The molecule has 0 bridgehead atoms. The van der Waals surface area contributed by atoms with Gasteiger partial charge in [-0.2, -0.15) is 13.2 Å². The molecule has 0 aromatic heterocycles. The molecule has 4 amide bonds. The average molecular weight is 327 g/mol. The molecule has 122 valence electrons. The van der Waals surface area contributed by atoms with Gasteiger partial charge in [0.25, 0.3) is 17.5 Å². The molecule has 9 heteroatoms. The largest absolute Gasteiger partial charge is 0.440 e. The summed E-state index contributed by atoms with van der Waals surface area (Å²) in [4.78, 5) is 36.1. The Bertz CT molecular complexity index is 660. The van der Waals surface area contributed by atoms with Crippen LogP contribution in [0, 0.1) is 0 Å². The maximum Gasteiger partial charge on any atom is 0.440 e. The van der Waals surface area contributed by atoms with Gasteiger partial charge < -0.3 is 5.32 Å². The van der Waals surface area contributed by atoms with E-state index in [1.54, 1.807) is 11.4 Å². The van der Waals surface area contributed by atoms with Crippen LogP contribution in [0.1, 0.15) is 10.4 Å². The van der Waals surface area contributed by atoms with Crippen molar-refractivity contribution in [2.24, 2.45) is 0 Å². The van der Waals surface area contributed by atoms with Crippen LogP contribution in [0.15, 0.2) is 43.0 Å². The summed E-state index contributed by atoms with van der Waals surface area (Å²) < 4.78 is 40.3. The van der Waals surface area contributed by atoms with Gasteiger partial charge in [0, 0.05) is 12.1 Å². The van der Waals surface area contributed by atoms with E-state index in [2.05, 4.69) is 6.58 Å². The van der Waals surface area contributed by atoms with Crippen molar-refractivity contribution in [1.29, 1.82) is 0 Å². The molecule has 0 unspecified atom stereocenters. The van der Waals surface area contributed by atoms with Gasteiger partial charge in [-0.05, 0) is 12.1 Å². The van der Waals surface area contributed by atoms with E-state index < -0.39 is 36.2 Å². The Morgan fingerprint density at radius 1 is 1.30 bits per heavy atom. The summed E-state index contributed by atoms with van der Waals surface area (Å²) in [5.41, 5.74) is -3.58. The lowest BCUT2D eigenvalue weighted by Crippen LogP contribution is -2.69. The van der Waals surface area contributed by atoms with E-state index in [1.807, 2.05) is 0 Å². The van der Waals surface area contributed by atoms with E-state index in [4.69, 9.17) is 0 Å². The van der Waals surface area contributed by atoms with Gasteiger partial charge in [0.05, 0.1) is 0 Å². The van der Waals surface area contributed by atoms with Crippen LogP contribution in [0.3, 0.4) is 0 Å². The highest BCUT2D eigenvalue weighted by molar-refractivity contribution is 6.10. The Balaban J connectivity index is 2.39. The molecule has 0 radical (unpaired) electrons. The Morgan fingerprint density at radius 2 is 1.91 bits per heavy atom. The zero-order valence-electron chi connectivity index (χ0n) is 11.7. The molecule has 1 aromatic carbocycles. The van der Waals surface area contributed by atoms with E-state index >= 15 is 0 Å². The SMILES string of the molecule is C=CCN1C(=O)N[C@](NC(=O)c2ccccc2)(C(F)(F)F)C1=O. The highest BCUT2D eigenvalue weighted by Crippen LogP contribution is 2.34. The van der Waals surface area contributed by atoms with E-state index in [1.165, 1.54) is 29.6 Å². The lowest BCUT2D eigenvalue weighted by atomic mass is 10.1. The summed E-state index contributed by atoms with van der Waals surface area (Å²) in [7, 11) is 0. The normalized spacial score (nSPS) is 21.1. The summed E-state index contributed by atoms with van der Waals surface area (Å²) >= 11 is 0. The van der Waals surface area contributed by atoms with E-state index in [-0.39, 0.29) is 5.56 Å². The molecular weight excluding hydrogens is 315 g/mol. The first kappa shape index (κ1) is 16.5. The Labute approximate surface area is 128 Å². The Kier molecular flexibility index (Phi) is 4.13. The fraction of sp³-hybridized carbons (Fsp3) is 0.214. The molecule has 2 rings (SSSR count). The quantitative estimate of drug-likeness (QED) is 0.648. The standard InChI is InChI=1S/C14H12F3N3O3/c1-2-8-20-11(22)13(14(15,16)17,19-12(20)23)18-10(21)9-6-4-3-5-7-9/h2-7H,1,8H2,(H,18,21)(H,19,23)/t13-/m0/s1. The summed E-state index contributed by atoms with van der Waals surface area (Å²) in [5, 5.41) is 3.12. The van der Waals surface area contributed by atoms with Crippen LogP contribution in [0.4, 0.5) is 18.0 Å². The third kappa shape index (κ3) is 2.77. The number of hydrogen-bond acceptors (Lipinski definition) is 3. The number of benzene rings is 1. The molecule has 0 aliphatic carbocycles. The molecule has 23 heavy (non-hydrogen) atoms. The monoisotopic (exact) mass is 327 g/mol. The van der Waals surface area contributed by atoms with Crippen LogP contribution in [-0.4, -0.2) is 41.1 Å². The van der Waals surface area contributed by atoms with E-state index in [0.29, 0.717) is 4.90 Å². The number of imide groups is 1. The zero-order chi connectivity index (χ0) is 17.3. The minimum Gasteiger partial charge on any atom is -0.314 e. The smallest absolute Gasteiger partial charge is 0.314 e. The van der Waals surface area contributed by atoms with Crippen molar-refractivity contribution in [3.05, 3.63) is 48.6 Å². The maximum atomic E-state index is 13.4. The predicted molar refractivity (Wildman–Crippen MR) is 73.1 cm³/mol. The van der Waals surface area contributed by atoms with Gasteiger partial charge >= 0.3 is 12.2 Å². The van der Waals surface area contributed by atoms with E-state index in [9.17, 15) is 27.6 Å².